The van der Waals surface area contributed by atoms with Crippen LogP contribution in [-0.4, -0.2) is 50.0 Å². The van der Waals surface area contributed by atoms with Crippen molar-refractivity contribution in [2.24, 2.45) is 0 Å². The van der Waals surface area contributed by atoms with Gasteiger partial charge in [0.15, 0.2) is 23.0 Å². The Hall–Kier alpha value is -2.82. The van der Waals surface area contributed by atoms with Gasteiger partial charge < -0.3 is 15.2 Å². The van der Waals surface area contributed by atoms with Crippen molar-refractivity contribution < 1.29 is 22.6 Å². The number of aromatic nitrogens is 4. The predicted molar refractivity (Wildman–Crippen MR) is 88.4 cm³/mol. The molecule has 2 N–H and O–H groups in total. The predicted octanol–water partition coefficient (Wildman–Crippen LogP) is 2.29. The molecular formula is C16H15F3N6O2. The lowest BCUT2D eigenvalue weighted by Gasteiger charge is -2.20. The summed E-state index contributed by atoms with van der Waals surface area (Å²) in [4.78, 5) is 10.6. The highest BCUT2D eigenvalue weighted by Gasteiger charge is 2.45. The molecule has 0 saturated carbocycles. The van der Waals surface area contributed by atoms with Gasteiger partial charge in [-0.1, -0.05) is 0 Å². The van der Waals surface area contributed by atoms with Crippen molar-refractivity contribution in [3.63, 3.8) is 0 Å². The maximum absolute atomic E-state index is 13.5. The van der Waals surface area contributed by atoms with Gasteiger partial charge in [0.25, 0.3) is 0 Å². The summed E-state index contributed by atoms with van der Waals surface area (Å²) in [6.07, 6.45) is -4.15. The van der Waals surface area contributed by atoms with Crippen LogP contribution in [0.3, 0.4) is 0 Å². The van der Waals surface area contributed by atoms with Gasteiger partial charge in [0.1, 0.15) is 11.7 Å². The number of likely N-dealkylation sites (tertiary alicyclic amines) is 1. The Labute approximate surface area is 150 Å². The molecule has 4 heterocycles. The Kier molecular flexibility index (Phi) is 3.24. The number of alkyl halides is 3. The number of nitrogen functional groups attached to an aromatic ring is 1. The van der Waals surface area contributed by atoms with E-state index in [1.807, 2.05) is 11.8 Å². The first-order chi connectivity index (χ1) is 12.8. The van der Waals surface area contributed by atoms with Crippen molar-refractivity contribution in [2.75, 3.05) is 18.8 Å². The second-order valence-electron chi connectivity index (χ2n) is 6.69. The number of nitrogens with two attached hydrogens (primary N) is 1. The van der Waals surface area contributed by atoms with E-state index in [9.17, 15) is 13.2 Å². The summed E-state index contributed by atoms with van der Waals surface area (Å²) in [5.74, 6) is 0.112. The van der Waals surface area contributed by atoms with Crippen molar-refractivity contribution in [3.8, 4) is 11.5 Å². The Balaban J connectivity index is 1.65. The molecule has 0 amide bonds. The fourth-order valence-corrected chi connectivity index (χ4v) is 3.55. The summed E-state index contributed by atoms with van der Waals surface area (Å²) < 4.78 is 50.7. The number of benzene rings is 1. The summed E-state index contributed by atoms with van der Waals surface area (Å²) in [6.45, 7) is 2.81. The third-order valence-corrected chi connectivity index (χ3v) is 4.94. The van der Waals surface area contributed by atoms with Crippen LogP contribution in [0.1, 0.15) is 25.2 Å². The van der Waals surface area contributed by atoms with E-state index in [-0.39, 0.29) is 29.0 Å². The molecule has 27 heavy (non-hydrogen) atoms. The molecule has 0 aliphatic carbocycles. The second kappa shape index (κ2) is 5.35. The molecule has 2 atom stereocenters. The maximum Gasteiger partial charge on any atom is 0.586 e. The summed E-state index contributed by atoms with van der Waals surface area (Å²) in [7, 11) is 0. The fraction of sp³-hybridized carbons (Fsp3) is 0.438. The fourth-order valence-electron chi connectivity index (χ4n) is 3.55. The molecular weight excluding hydrogens is 365 g/mol. The maximum atomic E-state index is 13.5. The topological polar surface area (TPSA) is 90.8 Å². The highest BCUT2D eigenvalue weighted by Crippen LogP contribution is 2.45. The quantitative estimate of drug-likeness (QED) is 0.729. The zero-order valence-corrected chi connectivity index (χ0v) is 14.2. The van der Waals surface area contributed by atoms with Crippen LogP contribution in [-0.2, 0) is 0 Å². The molecule has 2 aliphatic rings. The van der Waals surface area contributed by atoms with E-state index < -0.39 is 12.5 Å². The van der Waals surface area contributed by atoms with Gasteiger partial charge in [0.2, 0.25) is 5.95 Å². The SMILES string of the molecule is CC(c1nc2c3ccc4c(c3nc(N)n2n1)OC(F)(F)O4)N1CC[C@@H](F)C1. The number of fused-ring (bicyclic) bond motifs is 5. The van der Waals surface area contributed by atoms with Gasteiger partial charge in [-0.25, -0.2) is 14.4 Å². The average molecular weight is 380 g/mol. The summed E-state index contributed by atoms with van der Waals surface area (Å²) >= 11 is 0. The van der Waals surface area contributed by atoms with Crippen molar-refractivity contribution in [1.82, 2.24) is 24.5 Å². The lowest BCUT2D eigenvalue weighted by molar-refractivity contribution is -0.286. The highest BCUT2D eigenvalue weighted by atomic mass is 19.3. The molecule has 142 valence electrons. The number of hydrogen-bond donors (Lipinski definition) is 1. The lowest BCUT2D eigenvalue weighted by Crippen LogP contribution is -2.26. The van der Waals surface area contributed by atoms with Crippen LogP contribution in [0.2, 0.25) is 0 Å². The Bertz CT molecular complexity index is 1070. The molecule has 2 aliphatic heterocycles. The van der Waals surface area contributed by atoms with E-state index in [2.05, 4.69) is 24.5 Å². The van der Waals surface area contributed by atoms with Crippen LogP contribution < -0.4 is 15.2 Å². The van der Waals surface area contributed by atoms with Crippen molar-refractivity contribution in [2.45, 2.75) is 31.9 Å². The van der Waals surface area contributed by atoms with Gasteiger partial charge in [-0.3, -0.25) is 4.90 Å². The molecule has 0 radical (unpaired) electrons. The molecule has 11 heteroatoms. The standard InChI is InChI=1S/C16H15F3N6O2/c1-7(24-5-4-8(17)6-24)13-22-14-9-2-3-10-12(27-16(18,19)26-10)11(9)21-15(20)25(14)23-13/h2-3,7-8H,4-6H2,1H3,(H2,20,21)/t7?,8-/m1/s1. The molecule has 1 unspecified atom stereocenters. The zero-order valence-electron chi connectivity index (χ0n) is 14.2. The minimum absolute atomic E-state index is 0.0274. The smallest absolute Gasteiger partial charge is 0.395 e. The summed E-state index contributed by atoms with van der Waals surface area (Å²) in [5.41, 5.74) is 6.44. The highest BCUT2D eigenvalue weighted by molar-refractivity contribution is 5.97. The number of rotatable bonds is 2. The second-order valence-corrected chi connectivity index (χ2v) is 6.69. The molecule has 5 rings (SSSR count). The molecule has 1 fully saturated rings. The molecule has 1 aromatic carbocycles. The minimum Gasteiger partial charge on any atom is -0.395 e. The minimum atomic E-state index is -3.76. The van der Waals surface area contributed by atoms with E-state index in [0.717, 1.165) is 0 Å². The number of nitrogens with zero attached hydrogens (tertiary/aromatic N) is 5. The lowest BCUT2D eigenvalue weighted by atomic mass is 10.2. The van der Waals surface area contributed by atoms with Crippen LogP contribution >= 0.6 is 0 Å². The van der Waals surface area contributed by atoms with E-state index in [4.69, 9.17) is 5.73 Å². The first kappa shape index (κ1) is 16.4. The van der Waals surface area contributed by atoms with Crippen LogP contribution in [0.25, 0.3) is 16.6 Å². The van der Waals surface area contributed by atoms with Gasteiger partial charge in [-0.05, 0) is 25.5 Å². The van der Waals surface area contributed by atoms with Crippen molar-refractivity contribution >= 4 is 22.5 Å². The van der Waals surface area contributed by atoms with E-state index in [1.54, 1.807) is 6.07 Å². The van der Waals surface area contributed by atoms with Gasteiger partial charge >= 0.3 is 6.29 Å². The van der Waals surface area contributed by atoms with Crippen LogP contribution in [0.4, 0.5) is 19.1 Å². The van der Waals surface area contributed by atoms with Gasteiger partial charge in [-0.2, -0.15) is 4.52 Å². The zero-order chi connectivity index (χ0) is 18.9. The largest absolute Gasteiger partial charge is 0.586 e. The van der Waals surface area contributed by atoms with Gasteiger partial charge in [0, 0.05) is 18.5 Å². The Morgan fingerprint density at radius 1 is 1.30 bits per heavy atom. The number of hydrogen-bond acceptors (Lipinski definition) is 7. The number of ether oxygens (including phenoxy) is 2. The van der Waals surface area contributed by atoms with E-state index >= 15 is 0 Å². The first-order valence-corrected chi connectivity index (χ1v) is 8.45. The molecule has 1 saturated heterocycles. The molecule has 3 aromatic rings. The van der Waals surface area contributed by atoms with Gasteiger partial charge in [0.05, 0.1) is 6.04 Å². The van der Waals surface area contributed by atoms with Crippen LogP contribution in [0, 0.1) is 0 Å². The Morgan fingerprint density at radius 2 is 2.11 bits per heavy atom. The number of anilines is 1. The molecule has 0 spiro atoms. The first-order valence-electron chi connectivity index (χ1n) is 8.45. The number of halogens is 3. The van der Waals surface area contributed by atoms with Crippen molar-refractivity contribution in [1.29, 1.82) is 0 Å². The molecule has 8 nitrogen and oxygen atoms in total. The van der Waals surface area contributed by atoms with Crippen LogP contribution in [0.15, 0.2) is 12.1 Å². The van der Waals surface area contributed by atoms with Crippen LogP contribution in [0.5, 0.6) is 11.5 Å². The van der Waals surface area contributed by atoms with E-state index in [1.165, 1.54) is 10.6 Å². The third-order valence-electron chi connectivity index (χ3n) is 4.94. The van der Waals surface area contributed by atoms with Gasteiger partial charge in [-0.15, -0.1) is 13.9 Å². The Morgan fingerprint density at radius 3 is 2.85 bits per heavy atom. The molecule has 2 aromatic heterocycles. The summed E-state index contributed by atoms with van der Waals surface area (Å²) in [6, 6.07) is 2.69. The monoisotopic (exact) mass is 380 g/mol. The average Bonchev–Trinajstić information content (AvgIpc) is 3.30. The van der Waals surface area contributed by atoms with E-state index in [0.29, 0.717) is 36.4 Å². The molecule has 0 bridgehead atoms. The third kappa shape index (κ3) is 2.45. The summed E-state index contributed by atoms with van der Waals surface area (Å²) in [5, 5.41) is 4.83. The van der Waals surface area contributed by atoms with Crippen molar-refractivity contribution in [3.05, 3.63) is 18.0 Å². The normalized spacial score (nSPS) is 22.7.